The Balaban J connectivity index is -0.000000109. The number of hydrogen-bond acceptors (Lipinski definition) is 0. The summed E-state index contributed by atoms with van der Waals surface area (Å²) in [6.07, 6.45) is 17.8. The van der Waals surface area contributed by atoms with Crippen molar-refractivity contribution in [2.45, 2.75) is 104 Å². The Morgan fingerprint density at radius 1 is 0.476 bits per heavy atom. The summed E-state index contributed by atoms with van der Waals surface area (Å²) in [5.41, 5.74) is 0.0446. The molecule has 2 unspecified atom stereocenters. The molecule has 0 aromatic carbocycles. The molecule has 0 heterocycles. The maximum absolute atomic E-state index is 7.68. The molecule has 0 aromatic heterocycles. The maximum Gasteiger partial charge on any atom is 2.00 e. The summed E-state index contributed by atoms with van der Waals surface area (Å²) in [4.78, 5) is 6.54. The van der Waals surface area contributed by atoms with Crippen LogP contribution in [0.1, 0.15) is 83.1 Å². The summed E-state index contributed by atoms with van der Waals surface area (Å²) in [7, 11) is -1.59. The van der Waals surface area contributed by atoms with Gasteiger partial charge in [-0.1, -0.05) is 41.5 Å². The molecular formula is C34H68N2P4Pt2+6. The first kappa shape index (κ1) is 55.6. The van der Waals surface area contributed by atoms with E-state index in [1.807, 2.05) is 41.5 Å². The Kier molecular flexibility index (Phi) is 31.1. The van der Waals surface area contributed by atoms with Crippen LogP contribution < -0.4 is 0 Å². The fourth-order valence-corrected chi connectivity index (χ4v) is 16.0. The second kappa shape index (κ2) is 23.5. The minimum absolute atomic E-state index is 0. The maximum atomic E-state index is 7.68. The molecule has 8 heteroatoms. The predicted octanol–water partition coefficient (Wildman–Crippen LogP) is 10.0. The van der Waals surface area contributed by atoms with E-state index in [1.165, 1.54) is 12.3 Å². The Hall–Kier alpha value is 1.20. The summed E-state index contributed by atoms with van der Waals surface area (Å²) in [6, 6.07) is 0. The first-order valence-electron chi connectivity index (χ1n) is 14.3. The SMILES string of the molecule is [C-]#CC(C[PH+](C)C)([PH+](C)C)C(C)(C)C.[C-]#CC(C[PH+](C)C)([PH+](C)C)C(C)(C)C.[C-]#[N+]C(C)(C)C.[C-]#[N+]C(C)(C)C.[Pt+2].[Pt+2]. The van der Waals surface area contributed by atoms with Gasteiger partial charge >= 0.3 is 42.1 Å². The fraction of sp³-hybridized carbons (Fsp3) is 0.824. The third kappa shape index (κ3) is 23.5. The third-order valence-corrected chi connectivity index (χ3v) is 15.3. The van der Waals surface area contributed by atoms with Gasteiger partial charge < -0.3 is 34.4 Å². The van der Waals surface area contributed by atoms with Crippen molar-refractivity contribution in [3.05, 3.63) is 35.7 Å². The Bertz CT molecular complexity index is 802. The van der Waals surface area contributed by atoms with Crippen LogP contribution in [0.3, 0.4) is 0 Å². The van der Waals surface area contributed by atoms with Gasteiger partial charge in [-0.3, -0.25) is 0 Å². The molecule has 0 aliphatic carbocycles. The third-order valence-electron chi connectivity index (χ3n) is 6.60. The van der Waals surface area contributed by atoms with E-state index in [1.54, 1.807) is 0 Å². The zero-order chi connectivity index (χ0) is 33.6. The van der Waals surface area contributed by atoms with Gasteiger partial charge in [0, 0.05) is 122 Å². The number of nitrogens with zero attached hydrogens (tertiary/aromatic N) is 2. The van der Waals surface area contributed by atoms with Gasteiger partial charge in [-0.2, -0.15) is 0 Å². The van der Waals surface area contributed by atoms with Crippen LogP contribution in [0.4, 0.5) is 0 Å². The van der Waals surface area contributed by atoms with E-state index in [-0.39, 0.29) is 90.2 Å². The minimum Gasteiger partial charge on any atom is -0.689 e. The molecule has 248 valence electrons. The first-order chi connectivity index (χ1) is 17.5. The van der Waals surface area contributed by atoms with Gasteiger partial charge in [0.2, 0.25) is 11.1 Å². The molecule has 0 fully saturated rings. The molecule has 0 spiro atoms. The first-order valence-corrected chi connectivity index (χ1v) is 24.7. The Morgan fingerprint density at radius 3 is 0.667 bits per heavy atom. The summed E-state index contributed by atoms with van der Waals surface area (Å²) in [5, 5.41) is 0.130. The van der Waals surface area contributed by atoms with Crippen molar-refractivity contribution in [3.8, 4) is 11.8 Å². The molecule has 2 atom stereocenters. The monoisotopic (exact) mass is 1020 g/mol. The van der Waals surface area contributed by atoms with Crippen molar-refractivity contribution in [1.82, 2.24) is 0 Å². The van der Waals surface area contributed by atoms with Gasteiger partial charge in [0.05, 0.1) is 0 Å². The van der Waals surface area contributed by atoms with E-state index in [9.17, 15) is 0 Å². The van der Waals surface area contributed by atoms with E-state index in [4.69, 9.17) is 26.0 Å². The Labute approximate surface area is 300 Å². The molecule has 2 nitrogen and oxygen atoms in total. The van der Waals surface area contributed by atoms with Gasteiger partial charge in [0.1, 0.15) is 22.6 Å². The molecule has 0 amide bonds. The van der Waals surface area contributed by atoms with Crippen LogP contribution in [-0.4, -0.2) is 87.0 Å². The topological polar surface area (TPSA) is 8.72 Å². The second-order valence-electron chi connectivity index (χ2n) is 15.9. The van der Waals surface area contributed by atoms with E-state index in [2.05, 4.69) is 116 Å². The van der Waals surface area contributed by atoms with E-state index in [0.29, 0.717) is 0 Å². The summed E-state index contributed by atoms with van der Waals surface area (Å²) >= 11 is 0. The molecule has 0 radical (unpaired) electrons. The zero-order valence-corrected chi connectivity index (χ0v) is 39.5. The molecule has 0 bridgehead atoms. The van der Waals surface area contributed by atoms with Crippen LogP contribution >= 0.6 is 31.7 Å². The van der Waals surface area contributed by atoms with Crippen LogP contribution in [0.15, 0.2) is 0 Å². The van der Waals surface area contributed by atoms with Crippen LogP contribution in [0.25, 0.3) is 9.69 Å². The summed E-state index contributed by atoms with van der Waals surface area (Å²) in [6.45, 7) is 56.5. The van der Waals surface area contributed by atoms with Crippen molar-refractivity contribution in [3.63, 3.8) is 0 Å². The average molecular weight is 1020 g/mol. The molecule has 0 aromatic rings. The molecule has 0 saturated heterocycles. The second-order valence-corrected chi connectivity index (χ2v) is 27.1. The smallest absolute Gasteiger partial charge is 0.689 e. The molecule has 0 saturated carbocycles. The molecule has 0 rings (SSSR count). The van der Waals surface area contributed by atoms with Crippen molar-refractivity contribution in [2.24, 2.45) is 10.8 Å². The van der Waals surface area contributed by atoms with Gasteiger partial charge in [-0.15, -0.1) is 0 Å². The molecule has 0 N–H and O–H groups in total. The van der Waals surface area contributed by atoms with Crippen LogP contribution in [0.5, 0.6) is 0 Å². The minimum atomic E-state index is -0.509. The number of hydrogen-bond donors (Lipinski definition) is 0. The van der Waals surface area contributed by atoms with Gasteiger partial charge in [0.15, 0.2) is 0 Å². The van der Waals surface area contributed by atoms with Gasteiger partial charge in [0.25, 0.3) is 0 Å². The van der Waals surface area contributed by atoms with E-state index < -0.39 is 15.8 Å². The van der Waals surface area contributed by atoms with Crippen molar-refractivity contribution in [2.75, 3.05) is 65.6 Å². The van der Waals surface area contributed by atoms with Gasteiger partial charge in [-0.05, 0) is 15.8 Å². The summed E-state index contributed by atoms with van der Waals surface area (Å²) < 4.78 is 0. The van der Waals surface area contributed by atoms with E-state index in [0.717, 1.165) is 0 Å². The van der Waals surface area contributed by atoms with Crippen LogP contribution in [0.2, 0.25) is 0 Å². The van der Waals surface area contributed by atoms with Crippen molar-refractivity contribution < 1.29 is 42.1 Å². The summed E-state index contributed by atoms with van der Waals surface area (Å²) in [5.74, 6) is 5.81. The van der Waals surface area contributed by atoms with Crippen molar-refractivity contribution in [1.29, 1.82) is 0 Å². The molecule has 42 heavy (non-hydrogen) atoms. The zero-order valence-electron chi connectivity index (χ0n) is 30.9. The van der Waals surface area contributed by atoms with Crippen molar-refractivity contribution >= 4 is 31.7 Å². The average Bonchev–Trinajstić information content (AvgIpc) is 2.73. The van der Waals surface area contributed by atoms with E-state index >= 15 is 0 Å². The standard InChI is InChI=1S/2C12H23P2.2C5H9N.2Pt/c2*1-9-12(14(7)8,10-13(5)6)11(2,3)4;2*1-5(2,3)6-4;;/h2*10H2,2-8H3;2*1-3H3;;/q2*-1;;;2*+2/p+4. The fourth-order valence-electron chi connectivity index (χ4n) is 4.16. The molecule has 0 aliphatic heterocycles. The molecule has 0 aliphatic rings. The normalized spacial score (nSPS) is 14.2. The number of rotatable bonds is 6. The Morgan fingerprint density at radius 2 is 0.643 bits per heavy atom. The van der Waals surface area contributed by atoms with Crippen LogP contribution in [0, 0.1) is 48.7 Å². The van der Waals surface area contributed by atoms with Crippen LogP contribution in [-0.2, 0) is 42.1 Å². The quantitative estimate of drug-likeness (QED) is 0.143. The molecular weight excluding hydrogens is 950 g/mol. The largest absolute Gasteiger partial charge is 2.00 e. The predicted molar refractivity (Wildman–Crippen MR) is 202 cm³/mol. The van der Waals surface area contributed by atoms with Gasteiger partial charge in [-0.25, -0.2) is 13.1 Å².